The fourth-order valence-corrected chi connectivity index (χ4v) is 5.35. The van der Waals surface area contributed by atoms with Gasteiger partial charge >= 0.3 is 0 Å². The zero-order valence-electron chi connectivity index (χ0n) is 16.5. The zero-order valence-corrected chi connectivity index (χ0v) is 17.4. The van der Waals surface area contributed by atoms with Crippen LogP contribution in [0.15, 0.2) is 23.6 Å². The number of anilines is 2. The normalized spacial score (nSPS) is 20.4. The van der Waals surface area contributed by atoms with E-state index in [0.717, 1.165) is 61.8 Å². The molecule has 1 aromatic heterocycles. The molecule has 1 N–H and O–H groups in total. The van der Waals surface area contributed by atoms with Gasteiger partial charge in [-0.3, -0.25) is 4.79 Å². The van der Waals surface area contributed by atoms with Gasteiger partial charge in [-0.25, -0.2) is 0 Å². The quantitative estimate of drug-likeness (QED) is 0.863. The second-order valence-corrected chi connectivity index (χ2v) is 9.11. The van der Waals surface area contributed by atoms with E-state index < -0.39 is 0 Å². The SMILES string of the molecule is Cc1cc(N2CCN(C)CC2)ccc1NC(=O)c1csc2c1CCC(C)C2. The number of amides is 1. The maximum Gasteiger partial charge on any atom is 0.256 e. The van der Waals surface area contributed by atoms with Crippen LogP contribution >= 0.6 is 11.3 Å². The molecule has 1 unspecified atom stereocenters. The van der Waals surface area contributed by atoms with Gasteiger partial charge < -0.3 is 15.1 Å². The van der Waals surface area contributed by atoms with Crippen molar-refractivity contribution >= 4 is 28.6 Å². The minimum absolute atomic E-state index is 0.0394. The summed E-state index contributed by atoms with van der Waals surface area (Å²) in [6.45, 7) is 8.69. The Kier molecular flexibility index (Phi) is 5.24. The Balaban J connectivity index is 1.47. The van der Waals surface area contributed by atoms with Crippen LogP contribution in [0.2, 0.25) is 0 Å². The van der Waals surface area contributed by atoms with Crippen molar-refractivity contribution in [3.63, 3.8) is 0 Å². The number of fused-ring (bicyclic) bond motifs is 1. The number of benzene rings is 1. The van der Waals surface area contributed by atoms with Gasteiger partial charge in [0.25, 0.3) is 5.91 Å². The molecule has 1 amide bonds. The molecular weight excluding hydrogens is 354 g/mol. The van der Waals surface area contributed by atoms with E-state index in [2.05, 4.69) is 54.2 Å². The van der Waals surface area contributed by atoms with Crippen molar-refractivity contribution in [2.75, 3.05) is 43.4 Å². The first kappa shape index (κ1) is 18.5. The molecule has 144 valence electrons. The third-order valence-corrected chi connectivity index (χ3v) is 7.02. The van der Waals surface area contributed by atoms with E-state index in [1.807, 2.05) is 5.38 Å². The predicted octanol–water partition coefficient (Wildman–Crippen LogP) is 4.19. The first-order valence-corrected chi connectivity index (χ1v) is 10.8. The number of piperazine rings is 1. The van der Waals surface area contributed by atoms with Crippen LogP contribution < -0.4 is 10.2 Å². The lowest BCUT2D eigenvalue weighted by molar-refractivity contribution is 0.102. The summed E-state index contributed by atoms with van der Waals surface area (Å²) < 4.78 is 0. The first-order valence-electron chi connectivity index (χ1n) is 9.96. The summed E-state index contributed by atoms with van der Waals surface area (Å²) in [5, 5.41) is 5.20. The topological polar surface area (TPSA) is 35.6 Å². The Morgan fingerprint density at radius 1 is 1.22 bits per heavy atom. The lowest BCUT2D eigenvalue weighted by Crippen LogP contribution is -2.44. The Labute approximate surface area is 166 Å². The van der Waals surface area contributed by atoms with Crippen molar-refractivity contribution in [3.05, 3.63) is 45.1 Å². The van der Waals surface area contributed by atoms with E-state index in [-0.39, 0.29) is 5.91 Å². The molecule has 0 radical (unpaired) electrons. The molecule has 4 nitrogen and oxygen atoms in total. The van der Waals surface area contributed by atoms with Crippen LogP contribution in [0, 0.1) is 12.8 Å². The van der Waals surface area contributed by atoms with E-state index >= 15 is 0 Å². The minimum atomic E-state index is 0.0394. The Morgan fingerprint density at radius 3 is 2.74 bits per heavy atom. The lowest BCUT2D eigenvalue weighted by Gasteiger charge is -2.34. The van der Waals surface area contributed by atoms with Gasteiger partial charge in [0.15, 0.2) is 0 Å². The van der Waals surface area contributed by atoms with Crippen molar-refractivity contribution in [1.82, 2.24) is 4.90 Å². The minimum Gasteiger partial charge on any atom is -0.369 e. The van der Waals surface area contributed by atoms with Crippen molar-refractivity contribution in [3.8, 4) is 0 Å². The molecule has 2 aliphatic rings. The fraction of sp³-hybridized carbons (Fsp3) is 0.500. The molecule has 1 fully saturated rings. The average Bonchev–Trinajstić information content (AvgIpc) is 3.07. The summed E-state index contributed by atoms with van der Waals surface area (Å²) in [6.07, 6.45) is 3.33. The number of nitrogens with one attached hydrogen (secondary N) is 1. The van der Waals surface area contributed by atoms with Crippen LogP contribution in [0.1, 0.15) is 39.7 Å². The highest BCUT2D eigenvalue weighted by Crippen LogP contribution is 2.33. The zero-order chi connectivity index (χ0) is 19.0. The van der Waals surface area contributed by atoms with Gasteiger partial charge in [0.2, 0.25) is 0 Å². The fourth-order valence-electron chi connectivity index (χ4n) is 4.11. The number of hydrogen-bond acceptors (Lipinski definition) is 4. The Bertz CT molecular complexity index is 836. The highest BCUT2D eigenvalue weighted by molar-refractivity contribution is 7.10. The van der Waals surface area contributed by atoms with Crippen molar-refractivity contribution in [1.29, 1.82) is 0 Å². The number of nitrogens with zero attached hydrogens (tertiary/aromatic N) is 2. The highest BCUT2D eigenvalue weighted by atomic mass is 32.1. The van der Waals surface area contributed by atoms with E-state index in [9.17, 15) is 4.79 Å². The second kappa shape index (κ2) is 7.64. The molecular formula is C22H29N3OS. The van der Waals surface area contributed by atoms with E-state index in [0.29, 0.717) is 0 Å². The van der Waals surface area contributed by atoms with Gasteiger partial charge in [0.05, 0.1) is 5.56 Å². The third kappa shape index (κ3) is 3.90. The number of carbonyl (C=O) groups excluding carboxylic acids is 1. The summed E-state index contributed by atoms with van der Waals surface area (Å²) in [5.74, 6) is 0.772. The summed E-state index contributed by atoms with van der Waals surface area (Å²) >= 11 is 1.75. The van der Waals surface area contributed by atoms with Gasteiger partial charge in [-0.15, -0.1) is 11.3 Å². The van der Waals surface area contributed by atoms with Crippen LogP contribution in [0.3, 0.4) is 0 Å². The summed E-state index contributed by atoms with van der Waals surface area (Å²) in [5.41, 5.74) is 5.45. The summed E-state index contributed by atoms with van der Waals surface area (Å²) in [7, 11) is 2.17. The number of hydrogen-bond donors (Lipinski definition) is 1. The molecule has 0 saturated carbocycles. The molecule has 2 aromatic rings. The maximum absolute atomic E-state index is 12.9. The Hall–Kier alpha value is -1.85. The van der Waals surface area contributed by atoms with E-state index in [4.69, 9.17) is 0 Å². The molecule has 27 heavy (non-hydrogen) atoms. The summed E-state index contributed by atoms with van der Waals surface area (Å²) in [6, 6.07) is 6.40. The van der Waals surface area contributed by atoms with Crippen LogP contribution in [0.4, 0.5) is 11.4 Å². The first-order chi connectivity index (χ1) is 13.0. The van der Waals surface area contributed by atoms with Gasteiger partial charge in [-0.1, -0.05) is 6.92 Å². The largest absolute Gasteiger partial charge is 0.369 e. The van der Waals surface area contributed by atoms with Gasteiger partial charge in [0, 0.05) is 47.8 Å². The highest BCUT2D eigenvalue weighted by Gasteiger charge is 2.23. The molecule has 1 atom stereocenters. The van der Waals surface area contributed by atoms with Crippen molar-refractivity contribution in [2.24, 2.45) is 5.92 Å². The van der Waals surface area contributed by atoms with Crippen LogP contribution in [0.5, 0.6) is 0 Å². The number of rotatable bonds is 3. The molecule has 1 aliphatic heterocycles. The molecule has 5 heteroatoms. The van der Waals surface area contributed by atoms with Gasteiger partial charge in [-0.2, -0.15) is 0 Å². The summed E-state index contributed by atoms with van der Waals surface area (Å²) in [4.78, 5) is 19.1. The molecule has 2 heterocycles. The predicted molar refractivity (Wildman–Crippen MR) is 114 cm³/mol. The number of aryl methyl sites for hydroxylation is 1. The number of likely N-dealkylation sites (N-methyl/N-ethyl adjacent to an activating group) is 1. The standard InChI is InChI=1S/C22H29N3OS/c1-15-4-6-18-19(14-27-21(18)12-15)22(26)23-20-7-5-17(13-16(20)2)25-10-8-24(3)9-11-25/h5,7,13-15H,4,6,8-12H2,1-3H3,(H,23,26). The molecule has 1 saturated heterocycles. The maximum atomic E-state index is 12.9. The third-order valence-electron chi connectivity index (χ3n) is 5.97. The molecule has 1 aliphatic carbocycles. The van der Waals surface area contributed by atoms with Crippen LogP contribution in [0.25, 0.3) is 0 Å². The van der Waals surface area contributed by atoms with Crippen molar-refractivity contribution < 1.29 is 4.79 Å². The lowest BCUT2D eigenvalue weighted by atomic mass is 9.88. The number of carbonyl (C=O) groups is 1. The number of thiophene rings is 1. The molecule has 0 bridgehead atoms. The van der Waals surface area contributed by atoms with E-state index in [1.165, 1.54) is 22.5 Å². The average molecular weight is 384 g/mol. The Morgan fingerprint density at radius 2 is 2.00 bits per heavy atom. The smallest absolute Gasteiger partial charge is 0.256 e. The second-order valence-electron chi connectivity index (χ2n) is 8.14. The monoisotopic (exact) mass is 383 g/mol. The van der Waals surface area contributed by atoms with Gasteiger partial charge in [-0.05, 0) is 68.5 Å². The van der Waals surface area contributed by atoms with Crippen LogP contribution in [-0.2, 0) is 12.8 Å². The molecule has 0 spiro atoms. The van der Waals surface area contributed by atoms with Crippen LogP contribution in [-0.4, -0.2) is 44.0 Å². The van der Waals surface area contributed by atoms with Crippen molar-refractivity contribution in [2.45, 2.75) is 33.1 Å². The van der Waals surface area contributed by atoms with Gasteiger partial charge in [0.1, 0.15) is 0 Å². The molecule has 4 rings (SSSR count). The molecule has 1 aromatic carbocycles. The van der Waals surface area contributed by atoms with E-state index in [1.54, 1.807) is 11.3 Å².